The van der Waals surface area contributed by atoms with Gasteiger partial charge in [-0.2, -0.15) is 4.99 Å². The SMILES string of the molecule is Cc1cc(Cl)cc(N=C=N)c1C1CCCN1. The van der Waals surface area contributed by atoms with Crippen LogP contribution in [0.25, 0.3) is 0 Å². The summed E-state index contributed by atoms with van der Waals surface area (Å²) in [5, 5.41) is 11.1. The number of nitrogens with one attached hydrogen (secondary N) is 2. The normalized spacial score (nSPS) is 19.5. The van der Waals surface area contributed by atoms with Gasteiger partial charge in [-0.25, -0.2) is 5.41 Å². The molecule has 2 rings (SSSR count). The molecule has 0 radical (unpaired) electrons. The van der Waals surface area contributed by atoms with Gasteiger partial charge in [-0.3, -0.25) is 0 Å². The Morgan fingerprint density at radius 1 is 1.56 bits per heavy atom. The Morgan fingerprint density at radius 3 is 3.00 bits per heavy atom. The molecule has 1 unspecified atom stereocenters. The molecule has 1 aliphatic rings. The van der Waals surface area contributed by atoms with Crippen LogP contribution >= 0.6 is 11.6 Å². The van der Waals surface area contributed by atoms with Gasteiger partial charge < -0.3 is 5.32 Å². The maximum atomic E-state index is 6.97. The van der Waals surface area contributed by atoms with E-state index in [1.807, 2.05) is 13.0 Å². The largest absolute Gasteiger partial charge is 0.310 e. The fourth-order valence-electron chi connectivity index (χ4n) is 2.27. The third kappa shape index (κ3) is 2.17. The number of aliphatic imine (C=N–C) groups is 1. The summed E-state index contributed by atoms with van der Waals surface area (Å²) in [7, 11) is 0. The lowest BCUT2D eigenvalue weighted by Gasteiger charge is -2.16. The topological polar surface area (TPSA) is 48.2 Å². The highest BCUT2D eigenvalue weighted by molar-refractivity contribution is 6.31. The number of rotatable bonds is 2. The van der Waals surface area contributed by atoms with Crippen molar-refractivity contribution in [3.63, 3.8) is 0 Å². The Labute approximate surface area is 100 Å². The minimum absolute atomic E-state index is 0.337. The van der Waals surface area contributed by atoms with Crippen molar-refractivity contribution in [1.29, 1.82) is 5.41 Å². The first-order valence-corrected chi connectivity index (χ1v) is 5.76. The molecule has 1 fully saturated rings. The summed E-state index contributed by atoms with van der Waals surface area (Å²) in [6.07, 6.45) is 2.30. The minimum Gasteiger partial charge on any atom is -0.310 e. The molecule has 0 amide bonds. The van der Waals surface area contributed by atoms with Gasteiger partial charge in [0, 0.05) is 11.1 Å². The van der Waals surface area contributed by atoms with Crippen LogP contribution in [0.3, 0.4) is 0 Å². The van der Waals surface area contributed by atoms with Gasteiger partial charge in [-0.05, 0) is 49.6 Å². The van der Waals surface area contributed by atoms with E-state index in [0.717, 1.165) is 29.8 Å². The smallest absolute Gasteiger partial charge is 0.0918 e. The van der Waals surface area contributed by atoms with E-state index in [1.54, 1.807) is 6.07 Å². The zero-order chi connectivity index (χ0) is 11.5. The summed E-state index contributed by atoms with van der Waals surface area (Å²) in [5.74, 6) is 0. The van der Waals surface area contributed by atoms with Gasteiger partial charge >= 0.3 is 0 Å². The molecule has 1 heterocycles. The second-order valence-electron chi connectivity index (χ2n) is 4.03. The van der Waals surface area contributed by atoms with Crippen molar-refractivity contribution >= 4 is 23.3 Å². The fraction of sp³-hybridized carbons (Fsp3) is 0.417. The zero-order valence-electron chi connectivity index (χ0n) is 9.18. The Balaban J connectivity index is 2.51. The van der Waals surface area contributed by atoms with Crippen LogP contribution in [0, 0.1) is 12.3 Å². The Hall–Kier alpha value is -1.15. The first-order valence-electron chi connectivity index (χ1n) is 5.38. The van der Waals surface area contributed by atoms with Gasteiger partial charge in [0.05, 0.1) is 11.7 Å². The number of hydrogen-bond acceptors (Lipinski definition) is 3. The molecule has 0 aromatic heterocycles. The third-order valence-electron chi connectivity index (χ3n) is 2.91. The van der Waals surface area contributed by atoms with Crippen LogP contribution in [0.5, 0.6) is 0 Å². The molecule has 0 bridgehead atoms. The lowest BCUT2D eigenvalue weighted by atomic mass is 9.98. The van der Waals surface area contributed by atoms with Crippen LogP contribution in [0.15, 0.2) is 17.1 Å². The highest BCUT2D eigenvalue weighted by Crippen LogP contribution is 2.35. The third-order valence-corrected chi connectivity index (χ3v) is 3.13. The standard InChI is InChI=1S/C12H14ClN3/c1-8-5-9(13)6-11(16-7-14)12(8)10-3-2-4-15-10/h5-6,10,14-15H,2-4H2,1H3. The van der Waals surface area contributed by atoms with Crippen molar-refractivity contribution < 1.29 is 0 Å². The molecule has 1 aromatic carbocycles. The van der Waals surface area contributed by atoms with Crippen molar-refractivity contribution in [2.45, 2.75) is 25.8 Å². The maximum Gasteiger partial charge on any atom is 0.0918 e. The average molecular weight is 236 g/mol. The Kier molecular flexibility index (Phi) is 3.39. The highest BCUT2D eigenvalue weighted by Gasteiger charge is 2.21. The van der Waals surface area contributed by atoms with Crippen LogP contribution in [-0.4, -0.2) is 12.6 Å². The summed E-state index contributed by atoms with van der Waals surface area (Å²) in [4.78, 5) is 3.97. The molecular formula is C12H14ClN3. The van der Waals surface area contributed by atoms with Gasteiger partial charge in [0.2, 0.25) is 0 Å². The van der Waals surface area contributed by atoms with E-state index in [2.05, 4.69) is 16.3 Å². The summed E-state index contributed by atoms with van der Waals surface area (Å²) >= 11 is 6.00. The summed E-state index contributed by atoms with van der Waals surface area (Å²) in [6.45, 7) is 3.07. The van der Waals surface area contributed by atoms with Gasteiger partial charge in [-0.15, -0.1) is 0 Å². The first kappa shape index (κ1) is 11.3. The molecule has 2 N–H and O–H groups in total. The predicted octanol–water partition coefficient (Wildman–Crippen LogP) is 3.46. The van der Waals surface area contributed by atoms with Gasteiger partial charge in [0.25, 0.3) is 0 Å². The van der Waals surface area contributed by atoms with Crippen LogP contribution in [0.2, 0.25) is 5.02 Å². The van der Waals surface area contributed by atoms with E-state index in [4.69, 9.17) is 17.0 Å². The first-order chi connectivity index (χ1) is 7.72. The molecule has 0 aliphatic carbocycles. The van der Waals surface area contributed by atoms with Crippen molar-refractivity contribution in [3.05, 3.63) is 28.3 Å². The quantitative estimate of drug-likeness (QED) is 0.758. The second-order valence-corrected chi connectivity index (χ2v) is 4.46. The van der Waals surface area contributed by atoms with Gasteiger partial charge in [0.15, 0.2) is 0 Å². The van der Waals surface area contributed by atoms with Crippen molar-refractivity contribution in [2.75, 3.05) is 6.54 Å². The van der Waals surface area contributed by atoms with E-state index in [1.165, 1.54) is 6.42 Å². The molecule has 0 spiro atoms. The lowest BCUT2D eigenvalue weighted by molar-refractivity contribution is 0.645. The summed E-state index contributed by atoms with van der Waals surface area (Å²) in [6, 6.07) is 6.17. The van der Waals surface area contributed by atoms with E-state index >= 15 is 0 Å². The minimum atomic E-state index is 0.337. The van der Waals surface area contributed by atoms with Crippen molar-refractivity contribution in [2.24, 2.45) is 4.99 Å². The van der Waals surface area contributed by atoms with Crippen molar-refractivity contribution in [1.82, 2.24) is 5.32 Å². The van der Waals surface area contributed by atoms with E-state index in [0.29, 0.717) is 11.1 Å². The Morgan fingerprint density at radius 2 is 2.38 bits per heavy atom. The monoisotopic (exact) mass is 235 g/mol. The average Bonchev–Trinajstić information content (AvgIpc) is 2.70. The predicted molar refractivity (Wildman–Crippen MR) is 66.0 cm³/mol. The Bertz CT molecular complexity index is 444. The van der Waals surface area contributed by atoms with Gasteiger partial charge in [-0.1, -0.05) is 11.6 Å². The van der Waals surface area contributed by atoms with E-state index in [-0.39, 0.29) is 0 Å². The molecule has 4 heteroatoms. The number of aryl methyl sites for hydroxylation is 1. The second kappa shape index (κ2) is 4.79. The fourth-order valence-corrected chi connectivity index (χ4v) is 2.54. The molecule has 1 aromatic rings. The number of halogens is 1. The summed E-state index contributed by atoms with van der Waals surface area (Å²) < 4.78 is 0. The molecule has 1 saturated heterocycles. The number of hydrogen-bond donors (Lipinski definition) is 2. The molecule has 0 saturated carbocycles. The lowest BCUT2D eigenvalue weighted by Crippen LogP contribution is -2.14. The molecule has 1 atom stereocenters. The van der Waals surface area contributed by atoms with Gasteiger partial charge in [0.1, 0.15) is 0 Å². The zero-order valence-corrected chi connectivity index (χ0v) is 9.93. The van der Waals surface area contributed by atoms with Crippen LogP contribution < -0.4 is 5.32 Å². The number of benzene rings is 1. The van der Waals surface area contributed by atoms with Crippen LogP contribution in [-0.2, 0) is 0 Å². The molecule has 3 nitrogen and oxygen atoms in total. The van der Waals surface area contributed by atoms with Crippen molar-refractivity contribution in [3.8, 4) is 0 Å². The maximum absolute atomic E-state index is 6.97. The highest BCUT2D eigenvalue weighted by atomic mass is 35.5. The molecular weight excluding hydrogens is 222 g/mol. The van der Waals surface area contributed by atoms with Crippen LogP contribution in [0.4, 0.5) is 5.69 Å². The molecule has 84 valence electrons. The molecule has 16 heavy (non-hydrogen) atoms. The summed E-state index contributed by atoms with van der Waals surface area (Å²) in [5.41, 5.74) is 3.04. The molecule has 1 aliphatic heterocycles. The van der Waals surface area contributed by atoms with Crippen LogP contribution in [0.1, 0.15) is 30.0 Å². The van der Waals surface area contributed by atoms with E-state index < -0.39 is 0 Å². The number of nitrogens with zero attached hydrogens (tertiary/aromatic N) is 1. The van der Waals surface area contributed by atoms with E-state index in [9.17, 15) is 0 Å².